The maximum absolute atomic E-state index is 11.2. The van der Waals surface area contributed by atoms with Gasteiger partial charge in [-0.05, 0) is 24.7 Å². The molecule has 0 bridgehead atoms. The quantitative estimate of drug-likeness (QED) is 0.874. The Morgan fingerprint density at radius 3 is 2.95 bits per heavy atom. The van der Waals surface area contributed by atoms with Crippen LogP contribution in [0.25, 0.3) is 0 Å². The third kappa shape index (κ3) is 3.32. The van der Waals surface area contributed by atoms with Crippen molar-refractivity contribution < 1.29 is 19.4 Å². The van der Waals surface area contributed by atoms with E-state index in [-0.39, 0.29) is 12.6 Å². The minimum Gasteiger partial charge on any atom is -0.495 e. The van der Waals surface area contributed by atoms with E-state index < -0.39 is 11.9 Å². The molecule has 6 nitrogen and oxygen atoms in total. The summed E-state index contributed by atoms with van der Waals surface area (Å²) in [5, 5.41) is 18.2. The van der Waals surface area contributed by atoms with Crippen LogP contribution in [0.1, 0.15) is 11.1 Å². The SMILES string of the molecule is COc1cc(CN(C)C2COCC2C(=O)O)ccc1C#N. The van der Waals surface area contributed by atoms with Crippen molar-refractivity contribution in [3.8, 4) is 11.8 Å². The summed E-state index contributed by atoms with van der Waals surface area (Å²) in [4.78, 5) is 13.2. The summed E-state index contributed by atoms with van der Waals surface area (Å²) in [5.41, 5.74) is 1.45. The number of hydrogen-bond acceptors (Lipinski definition) is 5. The minimum absolute atomic E-state index is 0.149. The van der Waals surface area contributed by atoms with E-state index in [9.17, 15) is 9.90 Å². The number of hydrogen-bond donors (Lipinski definition) is 1. The predicted molar refractivity (Wildman–Crippen MR) is 74.9 cm³/mol. The van der Waals surface area contributed by atoms with Gasteiger partial charge in [-0.2, -0.15) is 5.26 Å². The molecule has 2 rings (SSSR count). The summed E-state index contributed by atoms with van der Waals surface area (Å²) in [6.45, 7) is 1.24. The zero-order valence-electron chi connectivity index (χ0n) is 12.1. The van der Waals surface area contributed by atoms with Gasteiger partial charge in [0, 0.05) is 12.6 Å². The molecule has 1 saturated heterocycles. The maximum atomic E-state index is 11.2. The molecule has 1 aromatic carbocycles. The van der Waals surface area contributed by atoms with Gasteiger partial charge in [-0.3, -0.25) is 9.69 Å². The topological polar surface area (TPSA) is 82.8 Å². The highest BCUT2D eigenvalue weighted by molar-refractivity contribution is 5.71. The Kier molecular flexibility index (Phi) is 4.78. The van der Waals surface area contributed by atoms with Gasteiger partial charge in [0.2, 0.25) is 0 Å². The second-order valence-corrected chi connectivity index (χ2v) is 5.11. The smallest absolute Gasteiger partial charge is 0.310 e. The van der Waals surface area contributed by atoms with Crippen LogP contribution in [0.5, 0.6) is 5.75 Å². The molecule has 0 saturated carbocycles. The number of methoxy groups -OCH3 is 1. The molecule has 0 amide bonds. The van der Waals surface area contributed by atoms with E-state index in [1.165, 1.54) is 7.11 Å². The lowest BCUT2D eigenvalue weighted by molar-refractivity contribution is -0.143. The molecule has 112 valence electrons. The van der Waals surface area contributed by atoms with E-state index in [1.807, 2.05) is 18.0 Å². The van der Waals surface area contributed by atoms with E-state index in [0.29, 0.717) is 24.5 Å². The highest BCUT2D eigenvalue weighted by atomic mass is 16.5. The normalized spacial score (nSPS) is 21.2. The van der Waals surface area contributed by atoms with Gasteiger partial charge in [-0.25, -0.2) is 0 Å². The number of nitriles is 1. The number of carboxylic acid groups (broad SMARTS) is 1. The van der Waals surface area contributed by atoms with Gasteiger partial charge in [0.1, 0.15) is 11.8 Å². The highest BCUT2D eigenvalue weighted by Gasteiger charge is 2.36. The molecule has 1 aliphatic rings. The first-order valence-corrected chi connectivity index (χ1v) is 6.64. The molecule has 0 aliphatic carbocycles. The van der Waals surface area contributed by atoms with E-state index in [2.05, 4.69) is 6.07 Å². The summed E-state index contributed by atoms with van der Waals surface area (Å²) >= 11 is 0. The highest BCUT2D eigenvalue weighted by Crippen LogP contribution is 2.23. The van der Waals surface area contributed by atoms with Crippen molar-refractivity contribution in [2.45, 2.75) is 12.6 Å². The van der Waals surface area contributed by atoms with Crippen molar-refractivity contribution in [2.75, 3.05) is 27.4 Å². The molecular weight excluding hydrogens is 272 g/mol. The fraction of sp³-hybridized carbons (Fsp3) is 0.467. The third-order valence-electron chi connectivity index (χ3n) is 3.75. The summed E-state index contributed by atoms with van der Waals surface area (Å²) < 4.78 is 10.5. The van der Waals surface area contributed by atoms with Crippen LogP contribution in [-0.2, 0) is 16.1 Å². The maximum Gasteiger partial charge on any atom is 0.310 e. The molecule has 1 aromatic rings. The molecule has 1 N–H and O–H groups in total. The summed E-state index contributed by atoms with van der Waals surface area (Å²) in [7, 11) is 3.40. The summed E-state index contributed by atoms with van der Waals surface area (Å²) in [5.74, 6) is -0.808. The first-order valence-electron chi connectivity index (χ1n) is 6.64. The van der Waals surface area contributed by atoms with Crippen LogP contribution in [0.2, 0.25) is 0 Å². The number of aliphatic carboxylic acids is 1. The molecule has 1 aliphatic heterocycles. The first-order chi connectivity index (χ1) is 10.1. The van der Waals surface area contributed by atoms with Crippen molar-refractivity contribution >= 4 is 5.97 Å². The molecular formula is C15H18N2O4. The van der Waals surface area contributed by atoms with E-state index in [4.69, 9.17) is 14.7 Å². The minimum atomic E-state index is -0.832. The second kappa shape index (κ2) is 6.57. The van der Waals surface area contributed by atoms with Gasteiger partial charge in [0.15, 0.2) is 0 Å². The van der Waals surface area contributed by atoms with Gasteiger partial charge < -0.3 is 14.6 Å². The molecule has 0 radical (unpaired) electrons. The lowest BCUT2D eigenvalue weighted by Crippen LogP contribution is -2.40. The molecule has 2 atom stereocenters. The summed E-state index contributed by atoms with van der Waals surface area (Å²) in [6, 6.07) is 7.29. The van der Waals surface area contributed by atoms with E-state index in [1.54, 1.807) is 12.1 Å². The van der Waals surface area contributed by atoms with Crippen LogP contribution < -0.4 is 4.74 Å². The van der Waals surface area contributed by atoms with Crippen molar-refractivity contribution in [3.63, 3.8) is 0 Å². The number of nitrogens with zero attached hydrogens (tertiary/aromatic N) is 2. The molecule has 6 heteroatoms. The Hall–Kier alpha value is -2.10. The van der Waals surface area contributed by atoms with Gasteiger partial charge in [-0.1, -0.05) is 6.07 Å². The number of rotatable bonds is 5. The largest absolute Gasteiger partial charge is 0.495 e. The molecule has 1 heterocycles. The van der Waals surface area contributed by atoms with Crippen molar-refractivity contribution in [1.29, 1.82) is 5.26 Å². The Bertz CT molecular complexity index is 567. The number of carbonyl (C=O) groups is 1. The monoisotopic (exact) mass is 290 g/mol. The van der Waals surface area contributed by atoms with Crippen LogP contribution >= 0.6 is 0 Å². The van der Waals surface area contributed by atoms with Gasteiger partial charge in [-0.15, -0.1) is 0 Å². The number of carboxylic acids is 1. The lowest BCUT2D eigenvalue weighted by Gasteiger charge is -2.26. The zero-order chi connectivity index (χ0) is 15.4. The van der Waals surface area contributed by atoms with Gasteiger partial charge in [0.25, 0.3) is 0 Å². The van der Waals surface area contributed by atoms with Crippen molar-refractivity contribution in [3.05, 3.63) is 29.3 Å². The molecule has 0 aromatic heterocycles. The van der Waals surface area contributed by atoms with Gasteiger partial charge >= 0.3 is 5.97 Å². The Morgan fingerprint density at radius 2 is 2.33 bits per heavy atom. The van der Waals surface area contributed by atoms with E-state index in [0.717, 1.165) is 5.56 Å². The van der Waals surface area contributed by atoms with Crippen molar-refractivity contribution in [2.24, 2.45) is 5.92 Å². The van der Waals surface area contributed by atoms with Crippen LogP contribution in [0.15, 0.2) is 18.2 Å². The molecule has 2 unspecified atom stereocenters. The second-order valence-electron chi connectivity index (χ2n) is 5.11. The predicted octanol–water partition coefficient (Wildman–Crippen LogP) is 1.10. The first kappa shape index (κ1) is 15.3. The van der Waals surface area contributed by atoms with Gasteiger partial charge in [0.05, 0.1) is 31.8 Å². The summed E-state index contributed by atoms with van der Waals surface area (Å²) in [6.07, 6.45) is 0. The average Bonchev–Trinajstić information content (AvgIpc) is 2.96. The fourth-order valence-electron chi connectivity index (χ4n) is 2.54. The molecule has 21 heavy (non-hydrogen) atoms. The fourth-order valence-corrected chi connectivity index (χ4v) is 2.54. The van der Waals surface area contributed by atoms with Crippen LogP contribution in [-0.4, -0.2) is 49.4 Å². The third-order valence-corrected chi connectivity index (χ3v) is 3.75. The number of likely N-dealkylation sites (N-methyl/N-ethyl adjacent to an activating group) is 1. The average molecular weight is 290 g/mol. The van der Waals surface area contributed by atoms with Crippen LogP contribution in [0.3, 0.4) is 0 Å². The van der Waals surface area contributed by atoms with Crippen LogP contribution in [0.4, 0.5) is 0 Å². The molecule has 1 fully saturated rings. The Balaban J connectivity index is 2.11. The number of ether oxygens (including phenoxy) is 2. The lowest BCUT2D eigenvalue weighted by atomic mass is 10.0. The molecule has 0 spiro atoms. The standard InChI is InChI=1S/C15H18N2O4/c1-17(13-9-21-8-12(13)15(18)19)7-10-3-4-11(6-16)14(5-10)20-2/h3-5,12-13H,7-9H2,1-2H3,(H,18,19). The Labute approximate surface area is 123 Å². The Morgan fingerprint density at radius 1 is 1.57 bits per heavy atom. The van der Waals surface area contributed by atoms with Crippen molar-refractivity contribution in [1.82, 2.24) is 4.90 Å². The van der Waals surface area contributed by atoms with E-state index >= 15 is 0 Å². The van der Waals surface area contributed by atoms with Crippen LogP contribution in [0, 0.1) is 17.2 Å². The zero-order valence-corrected chi connectivity index (χ0v) is 12.1. The number of benzene rings is 1.